The molecule has 0 aliphatic rings. The lowest BCUT2D eigenvalue weighted by atomic mass is 9.75. The summed E-state index contributed by atoms with van der Waals surface area (Å²) in [5, 5.41) is 0. The zero-order valence-corrected chi connectivity index (χ0v) is 15.7. The minimum atomic E-state index is -0.126. The van der Waals surface area contributed by atoms with Crippen molar-refractivity contribution in [3.05, 3.63) is 0 Å². The number of hydrogen-bond donors (Lipinski definition) is 0. The molecule has 0 aromatic heterocycles. The van der Waals surface area contributed by atoms with E-state index in [2.05, 4.69) is 62.3 Å². The SMILES string of the molecule is CC(C)(C)CC(=O)CC(CC(C)(C)C)C(=O)CC(C)(C)C. The molecule has 0 bridgehead atoms. The van der Waals surface area contributed by atoms with Gasteiger partial charge in [0.05, 0.1) is 0 Å². The van der Waals surface area contributed by atoms with Crippen LogP contribution in [0.1, 0.15) is 88.0 Å². The summed E-state index contributed by atoms with van der Waals surface area (Å²) in [6.07, 6.45) is 2.30. The Kier molecular flexibility index (Phi) is 6.84. The smallest absolute Gasteiger partial charge is 0.136 e. The fraction of sp³-hybridized carbons (Fsp3) is 0.895. The van der Waals surface area contributed by atoms with Crippen molar-refractivity contribution in [3.8, 4) is 0 Å². The van der Waals surface area contributed by atoms with Gasteiger partial charge in [0.25, 0.3) is 0 Å². The average Bonchev–Trinajstić information content (AvgIpc) is 2.07. The second kappa shape index (κ2) is 7.07. The van der Waals surface area contributed by atoms with Gasteiger partial charge in [-0.1, -0.05) is 62.3 Å². The van der Waals surface area contributed by atoms with Crippen molar-refractivity contribution < 1.29 is 9.59 Å². The molecule has 0 saturated carbocycles. The molecule has 0 rings (SSSR count). The van der Waals surface area contributed by atoms with Gasteiger partial charge >= 0.3 is 0 Å². The summed E-state index contributed by atoms with van der Waals surface area (Å²) in [5.74, 6) is 0.345. The van der Waals surface area contributed by atoms with E-state index in [1.165, 1.54) is 0 Å². The Bertz CT molecular complexity index is 358. The van der Waals surface area contributed by atoms with E-state index in [1.54, 1.807) is 0 Å². The maximum Gasteiger partial charge on any atom is 0.136 e. The number of hydrogen-bond acceptors (Lipinski definition) is 2. The van der Waals surface area contributed by atoms with Crippen LogP contribution in [-0.4, -0.2) is 11.6 Å². The molecule has 2 heteroatoms. The van der Waals surface area contributed by atoms with Crippen molar-refractivity contribution >= 4 is 11.6 Å². The number of ketones is 2. The zero-order valence-electron chi connectivity index (χ0n) is 15.7. The summed E-state index contributed by atoms with van der Waals surface area (Å²) in [4.78, 5) is 24.9. The molecule has 1 atom stereocenters. The second-order valence-electron chi connectivity index (χ2n) is 10.1. The van der Waals surface area contributed by atoms with E-state index >= 15 is 0 Å². The lowest BCUT2D eigenvalue weighted by molar-refractivity contribution is -0.130. The van der Waals surface area contributed by atoms with Gasteiger partial charge in [-0.15, -0.1) is 0 Å². The number of Topliss-reactive ketones (excluding diaryl/α,β-unsaturated/α-hetero) is 2. The molecule has 1 unspecified atom stereocenters. The molecule has 0 N–H and O–H groups in total. The lowest BCUT2D eigenvalue weighted by Crippen LogP contribution is -2.28. The maximum absolute atomic E-state index is 12.6. The van der Waals surface area contributed by atoms with Gasteiger partial charge in [-0.05, 0) is 22.7 Å². The van der Waals surface area contributed by atoms with E-state index in [4.69, 9.17) is 0 Å². The van der Waals surface area contributed by atoms with Crippen molar-refractivity contribution in [3.63, 3.8) is 0 Å². The van der Waals surface area contributed by atoms with Gasteiger partial charge in [-0.2, -0.15) is 0 Å². The standard InChI is InChI=1S/C19H36O2/c1-17(2,3)11-14(16(21)13-19(7,8)9)10-15(20)12-18(4,5)6/h14H,10-13H2,1-9H3. The molecule has 124 valence electrons. The fourth-order valence-electron chi connectivity index (χ4n) is 2.64. The van der Waals surface area contributed by atoms with Gasteiger partial charge in [0, 0.05) is 25.2 Å². The summed E-state index contributed by atoms with van der Waals surface area (Å²) < 4.78 is 0. The molecule has 0 radical (unpaired) electrons. The zero-order chi connectivity index (χ0) is 17.1. The van der Waals surface area contributed by atoms with Crippen molar-refractivity contribution in [2.24, 2.45) is 22.2 Å². The first kappa shape index (κ1) is 20.3. The first-order chi connectivity index (χ1) is 9.09. The van der Waals surface area contributed by atoms with E-state index in [0.717, 1.165) is 6.42 Å². The van der Waals surface area contributed by atoms with Crippen LogP contribution < -0.4 is 0 Å². The Morgan fingerprint density at radius 3 is 1.48 bits per heavy atom. The molecule has 0 spiro atoms. The van der Waals surface area contributed by atoms with Crippen molar-refractivity contribution in [1.82, 2.24) is 0 Å². The first-order valence-corrected chi connectivity index (χ1v) is 8.13. The third-order valence-corrected chi connectivity index (χ3v) is 3.22. The average molecular weight is 296 g/mol. The Labute approximate surface area is 132 Å². The molecule has 0 fully saturated rings. The Hall–Kier alpha value is -0.660. The van der Waals surface area contributed by atoms with Gasteiger partial charge in [0.2, 0.25) is 0 Å². The highest BCUT2D eigenvalue weighted by atomic mass is 16.1. The fourth-order valence-corrected chi connectivity index (χ4v) is 2.64. The van der Waals surface area contributed by atoms with Crippen LogP contribution in [0.25, 0.3) is 0 Å². The molecule has 0 aromatic rings. The molecule has 0 saturated heterocycles. The van der Waals surface area contributed by atoms with Crippen LogP contribution in [0.5, 0.6) is 0 Å². The minimum Gasteiger partial charge on any atom is -0.300 e. The highest BCUT2D eigenvalue weighted by Crippen LogP contribution is 2.32. The van der Waals surface area contributed by atoms with E-state index in [9.17, 15) is 9.59 Å². The van der Waals surface area contributed by atoms with Crippen LogP contribution in [0.4, 0.5) is 0 Å². The summed E-state index contributed by atoms with van der Waals surface area (Å²) in [6, 6.07) is 0. The molecule has 0 heterocycles. The minimum absolute atomic E-state index is 0.00353. The molecule has 0 amide bonds. The van der Waals surface area contributed by atoms with Gasteiger partial charge in [-0.25, -0.2) is 0 Å². The Morgan fingerprint density at radius 1 is 0.714 bits per heavy atom. The number of rotatable bonds is 6. The van der Waals surface area contributed by atoms with Crippen LogP contribution >= 0.6 is 0 Å². The summed E-state index contributed by atoms with van der Waals surface area (Å²) in [7, 11) is 0. The van der Waals surface area contributed by atoms with Crippen LogP contribution in [0, 0.1) is 22.2 Å². The van der Waals surface area contributed by atoms with Gasteiger partial charge in [-0.3, -0.25) is 9.59 Å². The van der Waals surface area contributed by atoms with E-state index < -0.39 is 0 Å². The van der Waals surface area contributed by atoms with Crippen molar-refractivity contribution in [1.29, 1.82) is 0 Å². The molecule has 0 aliphatic carbocycles. The van der Waals surface area contributed by atoms with Crippen molar-refractivity contribution in [2.75, 3.05) is 0 Å². The summed E-state index contributed by atoms with van der Waals surface area (Å²) in [6.45, 7) is 18.9. The van der Waals surface area contributed by atoms with Crippen molar-refractivity contribution in [2.45, 2.75) is 88.0 Å². The second-order valence-corrected chi connectivity index (χ2v) is 10.1. The normalized spacial score (nSPS) is 14.9. The Balaban J connectivity index is 4.91. The van der Waals surface area contributed by atoms with E-state index in [0.29, 0.717) is 19.3 Å². The van der Waals surface area contributed by atoms with Gasteiger partial charge in [0.1, 0.15) is 11.6 Å². The monoisotopic (exact) mass is 296 g/mol. The van der Waals surface area contributed by atoms with Gasteiger partial charge < -0.3 is 0 Å². The van der Waals surface area contributed by atoms with E-state index in [-0.39, 0.29) is 33.7 Å². The third-order valence-electron chi connectivity index (χ3n) is 3.22. The van der Waals surface area contributed by atoms with Crippen LogP contribution in [0.3, 0.4) is 0 Å². The molecule has 0 aromatic carbocycles. The van der Waals surface area contributed by atoms with E-state index in [1.807, 2.05) is 0 Å². The number of carbonyl (C=O) groups excluding carboxylic acids is 2. The number of carbonyl (C=O) groups is 2. The first-order valence-electron chi connectivity index (χ1n) is 8.13. The summed E-state index contributed by atoms with van der Waals surface area (Å²) >= 11 is 0. The lowest BCUT2D eigenvalue weighted by Gasteiger charge is -2.28. The predicted octanol–water partition coefficient (Wildman–Crippen LogP) is 5.44. The Morgan fingerprint density at radius 2 is 1.14 bits per heavy atom. The molecular formula is C19H36O2. The maximum atomic E-state index is 12.6. The van der Waals surface area contributed by atoms with Gasteiger partial charge in [0.15, 0.2) is 0 Å². The molecular weight excluding hydrogens is 260 g/mol. The summed E-state index contributed by atoms with van der Waals surface area (Å²) in [5.41, 5.74) is 0.0525. The predicted molar refractivity (Wildman–Crippen MR) is 90.3 cm³/mol. The molecule has 21 heavy (non-hydrogen) atoms. The van der Waals surface area contributed by atoms with Crippen LogP contribution in [0.2, 0.25) is 0 Å². The third kappa shape index (κ3) is 11.7. The molecule has 0 aliphatic heterocycles. The highest BCUT2D eigenvalue weighted by molar-refractivity contribution is 5.88. The molecule has 2 nitrogen and oxygen atoms in total. The largest absolute Gasteiger partial charge is 0.300 e. The topological polar surface area (TPSA) is 34.1 Å². The van der Waals surface area contributed by atoms with Crippen LogP contribution in [0.15, 0.2) is 0 Å². The quantitative estimate of drug-likeness (QED) is 0.654. The van der Waals surface area contributed by atoms with Crippen LogP contribution in [-0.2, 0) is 9.59 Å². The highest BCUT2D eigenvalue weighted by Gasteiger charge is 2.30.